The average Bonchev–Trinajstić information content (AvgIpc) is 3.14. The van der Waals surface area contributed by atoms with Gasteiger partial charge in [0, 0.05) is 24.2 Å². The van der Waals surface area contributed by atoms with Crippen LogP contribution in [0.1, 0.15) is 23.4 Å². The molecule has 1 fully saturated rings. The molecule has 0 aliphatic heterocycles. The van der Waals surface area contributed by atoms with Crippen molar-refractivity contribution in [3.63, 3.8) is 0 Å². The number of aliphatic hydroxyl groups is 1. The Hall–Kier alpha value is -1.14. The number of aryl methyl sites for hydroxylation is 1. The molecule has 1 saturated carbocycles. The second kappa shape index (κ2) is 5.46. The van der Waals surface area contributed by atoms with Crippen LogP contribution < -0.4 is 4.87 Å². The van der Waals surface area contributed by atoms with Crippen LogP contribution >= 0.6 is 11.3 Å². The van der Waals surface area contributed by atoms with Gasteiger partial charge in [-0.25, -0.2) is 0 Å². The van der Waals surface area contributed by atoms with Gasteiger partial charge in [0.15, 0.2) is 0 Å². The van der Waals surface area contributed by atoms with Crippen LogP contribution in [0.15, 0.2) is 4.79 Å². The first-order valence-corrected chi connectivity index (χ1v) is 7.30. The fraction of sp³-hybridized carbons (Fsp3) is 0.692. The molecule has 2 rings (SSSR count). The van der Waals surface area contributed by atoms with Crippen LogP contribution in [0.25, 0.3) is 0 Å². The molecule has 6 heteroatoms. The molecule has 0 bridgehead atoms. The predicted octanol–water partition coefficient (Wildman–Crippen LogP) is 0.756. The Kier molecular flexibility index (Phi) is 4.10. The van der Waals surface area contributed by atoms with Gasteiger partial charge in [-0.05, 0) is 32.6 Å². The van der Waals surface area contributed by atoms with Crippen LogP contribution in [0.2, 0.25) is 0 Å². The van der Waals surface area contributed by atoms with Gasteiger partial charge in [0.2, 0.25) is 5.91 Å². The highest BCUT2D eigenvalue weighted by molar-refractivity contribution is 7.09. The summed E-state index contributed by atoms with van der Waals surface area (Å²) in [6.45, 7) is 4.13. The molecule has 1 aliphatic rings. The van der Waals surface area contributed by atoms with Crippen molar-refractivity contribution in [2.24, 2.45) is 5.92 Å². The fourth-order valence-electron chi connectivity index (χ4n) is 2.04. The molecule has 106 valence electrons. The average molecular weight is 284 g/mol. The normalized spacial score (nSPS) is 16.4. The molecule has 1 aliphatic carbocycles. The van der Waals surface area contributed by atoms with E-state index in [4.69, 9.17) is 0 Å². The lowest BCUT2D eigenvalue weighted by atomic mass is 10.2. The van der Waals surface area contributed by atoms with Crippen molar-refractivity contribution in [1.82, 2.24) is 9.47 Å². The maximum Gasteiger partial charge on any atom is 0.308 e. The summed E-state index contributed by atoms with van der Waals surface area (Å²) in [4.78, 5) is 26.1. The van der Waals surface area contributed by atoms with Crippen molar-refractivity contribution in [3.8, 4) is 0 Å². The summed E-state index contributed by atoms with van der Waals surface area (Å²) in [6, 6.07) is 0. The number of nitrogens with zero attached hydrogens (tertiary/aromatic N) is 2. The number of amides is 1. The first-order valence-electron chi connectivity index (χ1n) is 6.49. The highest BCUT2D eigenvalue weighted by Gasteiger charge is 2.31. The molecule has 1 N–H and O–H groups in total. The minimum absolute atomic E-state index is 0.0584. The largest absolute Gasteiger partial charge is 0.391 e. The summed E-state index contributed by atoms with van der Waals surface area (Å²) in [5.74, 6) is 0.214. The Morgan fingerprint density at radius 2 is 2.16 bits per heavy atom. The minimum Gasteiger partial charge on any atom is -0.391 e. The molecule has 0 radical (unpaired) electrons. The predicted molar refractivity (Wildman–Crippen MR) is 74.4 cm³/mol. The van der Waals surface area contributed by atoms with Crippen molar-refractivity contribution in [1.29, 1.82) is 0 Å². The molecule has 1 amide bonds. The summed E-state index contributed by atoms with van der Waals surface area (Å²) in [5.41, 5.74) is 0.847. The second-order valence-electron chi connectivity index (χ2n) is 5.27. The van der Waals surface area contributed by atoms with Gasteiger partial charge in [-0.15, -0.1) is 0 Å². The van der Waals surface area contributed by atoms with Crippen molar-refractivity contribution >= 4 is 17.2 Å². The number of aromatic nitrogens is 1. The van der Waals surface area contributed by atoms with Gasteiger partial charge in [0.1, 0.15) is 6.54 Å². The zero-order valence-electron chi connectivity index (χ0n) is 11.5. The van der Waals surface area contributed by atoms with Gasteiger partial charge in [-0.3, -0.25) is 14.2 Å². The van der Waals surface area contributed by atoms with Gasteiger partial charge in [-0.1, -0.05) is 11.3 Å². The van der Waals surface area contributed by atoms with E-state index in [0.29, 0.717) is 12.5 Å². The van der Waals surface area contributed by atoms with E-state index in [0.717, 1.165) is 23.4 Å². The zero-order chi connectivity index (χ0) is 14.2. The molecule has 1 aromatic rings. The molecule has 1 heterocycles. The number of thiazole rings is 1. The number of hydrogen-bond acceptors (Lipinski definition) is 4. The number of aliphatic hydroxyl groups excluding tert-OH is 1. The lowest BCUT2D eigenvalue weighted by Crippen LogP contribution is -2.38. The smallest absolute Gasteiger partial charge is 0.308 e. The maximum atomic E-state index is 12.1. The molecule has 5 nitrogen and oxygen atoms in total. The van der Waals surface area contributed by atoms with Gasteiger partial charge in [0.05, 0.1) is 6.10 Å². The van der Waals surface area contributed by atoms with E-state index in [1.54, 1.807) is 7.05 Å². The number of likely N-dealkylation sites (N-methyl/N-ethyl adjacent to an activating group) is 1. The Morgan fingerprint density at radius 1 is 1.53 bits per heavy atom. The van der Waals surface area contributed by atoms with Crippen LogP contribution in [0.4, 0.5) is 0 Å². The second-order valence-corrected chi connectivity index (χ2v) is 6.44. The monoisotopic (exact) mass is 284 g/mol. The van der Waals surface area contributed by atoms with Crippen LogP contribution in [-0.4, -0.2) is 40.2 Å². The summed E-state index contributed by atoms with van der Waals surface area (Å²) in [6.07, 6.45) is 1.66. The first kappa shape index (κ1) is 14.3. The SMILES string of the molecule is Cc1sc(=O)n(CC(=O)N(C)CC(O)C2CC2)c1C. The van der Waals surface area contributed by atoms with Crippen LogP contribution in [0, 0.1) is 19.8 Å². The summed E-state index contributed by atoms with van der Waals surface area (Å²) in [5, 5.41) is 9.83. The lowest BCUT2D eigenvalue weighted by Gasteiger charge is -2.21. The highest BCUT2D eigenvalue weighted by atomic mass is 32.1. The van der Waals surface area contributed by atoms with Crippen molar-refractivity contribution in [2.45, 2.75) is 39.3 Å². The quantitative estimate of drug-likeness (QED) is 0.868. The van der Waals surface area contributed by atoms with E-state index >= 15 is 0 Å². The van der Waals surface area contributed by atoms with Crippen LogP contribution in [0.3, 0.4) is 0 Å². The third kappa shape index (κ3) is 3.25. The molecule has 19 heavy (non-hydrogen) atoms. The minimum atomic E-state index is -0.434. The molecule has 0 saturated heterocycles. The Morgan fingerprint density at radius 3 is 2.63 bits per heavy atom. The van der Waals surface area contributed by atoms with Crippen LogP contribution in [-0.2, 0) is 11.3 Å². The number of carbonyl (C=O) groups is 1. The van der Waals surface area contributed by atoms with Gasteiger partial charge in [-0.2, -0.15) is 0 Å². The number of rotatable bonds is 5. The lowest BCUT2D eigenvalue weighted by molar-refractivity contribution is -0.132. The van der Waals surface area contributed by atoms with Crippen molar-refractivity contribution < 1.29 is 9.90 Å². The third-order valence-corrected chi connectivity index (χ3v) is 4.72. The van der Waals surface area contributed by atoms with E-state index in [-0.39, 0.29) is 17.3 Å². The first-order chi connectivity index (χ1) is 8.90. The maximum absolute atomic E-state index is 12.1. The topological polar surface area (TPSA) is 62.5 Å². The molecular formula is C13H20N2O3S. The van der Waals surface area contributed by atoms with E-state index in [2.05, 4.69) is 0 Å². The van der Waals surface area contributed by atoms with Gasteiger partial charge < -0.3 is 10.0 Å². The fourth-order valence-corrected chi connectivity index (χ4v) is 2.87. The number of hydrogen-bond donors (Lipinski definition) is 1. The molecular weight excluding hydrogens is 264 g/mol. The summed E-state index contributed by atoms with van der Waals surface area (Å²) >= 11 is 1.17. The van der Waals surface area contributed by atoms with Gasteiger partial charge in [0.25, 0.3) is 0 Å². The van der Waals surface area contributed by atoms with Gasteiger partial charge >= 0.3 is 4.87 Å². The third-order valence-electron chi connectivity index (χ3n) is 3.72. The molecule has 0 spiro atoms. The van der Waals surface area contributed by atoms with E-state index in [1.165, 1.54) is 20.8 Å². The summed E-state index contributed by atoms with van der Waals surface area (Å²) < 4.78 is 1.50. The molecule has 1 atom stereocenters. The molecule has 0 aromatic carbocycles. The van der Waals surface area contributed by atoms with Crippen molar-refractivity contribution in [2.75, 3.05) is 13.6 Å². The highest BCUT2D eigenvalue weighted by Crippen LogP contribution is 2.32. The summed E-state index contributed by atoms with van der Waals surface area (Å²) in [7, 11) is 1.67. The zero-order valence-corrected chi connectivity index (χ0v) is 12.4. The Bertz CT molecular complexity index is 530. The molecule has 1 unspecified atom stereocenters. The van der Waals surface area contributed by atoms with Crippen LogP contribution in [0.5, 0.6) is 0 Å². The van der Waals surface area contributed by atoms with E-state index in [9.17, 15) is 14.7 Å². The Labute approximate surface area is 116 Å². The standard InChI is InChI=1S/C13H20N2O3S/c1-8-9(2)19-13(18)15(8)7-12(17)14(3)6-11(16)10-4-5-10/h10-11,16H,4-7H2,1-3H3. The van der Waals surface area contributed by atoms with Crippen molar-refractivity contribution in [3.05, 3.63) is 20.2 Å². The number of carbonyl (C=O) groups excluding carboxylic acids is 1. The Balaban J connectivity index is 1.97. The van der Waals surface area contributed by atoms with E-state index in [1.807, 2.05) is 13.8 Å². The molecule has 1 aromatic heterocycles. The van der Waals surface area contributed by atoms with E-state index < -0.39 is 6.10 Å².